The van der Waals surface area contributed by atoms with E-state index >= 15 is 0 Å². The van der Waals surface area contributed by atoms with E-state index in [2.05, 4.69) is 10.1 Å². The van der Waals surface area contributed by atoms with E-state index in [4.69, 9.17) is 18.0 Å². The summed E-state index contributed by atoms with van der Waals surface area (Å²) >= 11 is 4.87. The first-order chi connectivity index (χ1) is 7.54. The highest BCUT2D eigenvalue weighted by atomic mass is 32.1. The zero-order valence-corrected chi connectivity index (χ0v) is 10.1. The lowest BCUT2D eigenvalue weighted by Gasteiger charge is -2.09. The quantitative estimate of drug-likeness (QED) is 0.610. The van der Waals surface area contributed by atoms with E-state index in [1.165, 1.54) is 7.11 Å². The summed E-state index contributed by atoms with van der Waals surface area (Å²) in [5, 5.41) is 2.97. The first-order valence-electron chi connectivity index (χ1n) is 4.75. The number of esters is 1. The predicted molar refractivity (Wildman–Crippen MR) is 67.6 cm³/mol. The second kappa shape index (κ2) is 5.46. The summed E-state index contributed by atoms with van der Waals surface area (Å²) < 4.78 is 4.53. The number of carbonyl (C=O) groups excluding carboxylic acids is 1. The molecule has 1 aromatic carbocycles. The molecule has 0 aliphatic carbocycles. The molecule has 0 saturated carbocycles. The molecule has 0 atom stereocenters. The molecule has 3 N–H and O–H groups in total. The number of aryl methyl sites for hydroxylation is 1. The standard InChI is InChI=1S/C11H14N2O2S/c1-7-5-8(11(12)16)3-4-9(7)13-6-10(14)15-2/h3-5,13H,6H2,1-2H3,(H2,12,16). The molecule has 1 aromatic rings. The molecule has 0 unspecified atom stereocenters. The monoisotopic (exact) mass is 238 g/mol. The molecule has 0 fully saturated rings. The summed E-state index contributed by atoms with van der Waals surface area (Å²) in [6, 6.07) is 5.53. The van der Waals surface area contributed by atoms with E-state index in [0.29, 0.717) is 4.99 Å². The van der Waals surface area contributed by atoms with Gasteiger partial charge in [0.1, 0.15) is 11.5 Å². The minimum absolute atomic E-state index is 0.143. The molecule has 0 amide bonds. The van der Waals surface area contributed by atoms with Crippen LogP contribution in [-0.2, 0) is 9.53 Å². The highest BCUT2D eigenvalue weighted by Gasteiger charge is 2.04. The van der Waals surface area contributed by atoms with Crippen molar-refractivity contribution in [3.05, 3.63) is 29.3 Å². The molecule has 16 heavy (non-hydrogen) atoms. The van der Waals surface area contributed by atoms with Crippen LogP contribution in [0.2, 0.25) is 0 Å². The van der Waals surface area contributed by atoms with Crippen LogP contribution in [0.5, 0.6) is 0 Å². The molecule has 0 aliphatic heterocycles. The molecule has 86 valence electrons. The SMILES string of the molecule is COC(=O)CNc1ccc(C(N)=S)cc1C. The van der Waals surface area contributed by atoms with Gasteiger partial charge in [0.15, 0.2) is 0 Å². The summed E-state index contributed by atoms with van der Waals surface area (Å²) in [6.45, 7) is 2.06. The number of thiocarbonyl (C=S) groups is 1. The first kappa shape index (κ1) is 12.4. The van der Waals surface area contributed by atoms with Gasteiger partial charge in [0.2, 0.25) is 0 Å². The predicted octanol–water partition coefficient (Wildman–Crippen LogP) is 1.21. The summed E-state index contributed by atoms with van der Waals surface area (Å²) in [6.07, 6.45) is 0. The second-order valence-corrected chi connectivity index (χ2v) is 3.76. The van der Waals surface area contributed by atoms with Crippen molar-refractivity contribution >= 4 is 28.9 Å². The van der Waals surface area contributed by atoms with Crippen LogP contribution in [0.4, 0.5) is 5.69 Å². The summed E-state index contributed by atoms with van der Waals surface area (Å²) in [7, 11) is 1.35. The highest BCUT2D eigenvalue weighted by Crippen LogP contribution is 2.16. The Morgan fingerprint density at radius 2 is 2.25 bits per heavy atom. The molecular formula is C11H14N2O2S. The van der Waals surface area contributed by atoms with Crippen LogP contribution in [0.25, 0.3) is 0 Å². The van der Waals surface area contributed by atoms with Crippen LogP contribution in [0, 0.1) is 6.92 Å². The molecule has 4 nitrogen and oxygen atoms in total. The summed E-state index contributed by atoms with van der Waals surface area (Å²) in [5.41, 5.74) is 8.18. The average molecular weight is 238 g/mol. The van der Waals surface area contributed by atoms with E-state index in [9.17, 15) is 4.79 Å². The smallest absolute Gasteiger partial charge is 0.325 e. The number of nitrogens with one attached hydrogen (secondary N) is 1. The average Bonchev–Trinajstić information content (AvgIpc) is 2.26. The Kier molecular flexibility index (Phi) is 4.25. The number of rotatable bonds is 4. The molecule has 0 aromatic heterocycles. The van der Waals surface area contributed by atoms with Crippen molar-refractivity contribution in [2.75, 3.05) is 19.0 Å². The van der Waals surface area contributed by atoms with Crippen LogP contribution in [0.1, 0.15) is 11.1 Å². The number of hydrogen-bond donors (Lipinski definition) is 2. The van der Waals surface area contributed by atoms with Gasteiger partial charge in [-0.3, -0.25) is 4.79 Å². The Hall–Kier alpha value is -1.62. The Morgan fingerprint density at radius 1 is 1.56 bits per heavy atom. The molecule has 1 rings (SSSR count). The highest BCUT2D eigenvalue weighted by molar-refractivity contribution is 7.80. The maximum absolute atomic E-state index is 10.9. The first-order valence-corrected chi connectivity index (χ1v) is 5.16. The van der Waals surface area contributed by atoms with Gasteiger partial charge in [0, 0.05) is 11.3 Å². The van der Waals surface area contributed by atoms with Crippen molar-refractivity contribution in [2.45, 2.75) is 6.92 Å². The zero-order valence-electron chi connectivity index (χ0n) is 9.24. The zero-order chi connectivity index (χ0) is 12.1. The third kappa shape index (κ3) is 3.20. The van der Waals surface area contributed by atoms with Crippen molar-refractivity contribution in [3.8, 4) is 0 Å². The van der Waals surface area contributed by atoms with Gasteiger partial charge in [-0.05, 0) is 30.7 Å². The van der Waals surface area contributed by atoms with Crippen LogP contribution in [0.3, 0.4) is 0 Å². The van der Waals surface area contributed by atoms with E-state index in [-0.39, 0.29) is 12.5 Å². The van der Waals surface area contributed by atoms with Crippen LogP contribution in [-0.4, -0.2) is 24.6 Å². The lowest BCUT2D eigenvalue weighted by molar-refractivity contribution is -0.138. The fourth-order valence-corrected chi connectivity index (χ4v) is 1.38. The lowest BCUT2D eigenvalue weighted by Crippen LogP contribution is -2.16. The van der Waals surface area contributed by atoms with E-state index in [0.717, 1.165) is 16.8 Å². The Labute approximate surface area is 99.8 Å². The number of methoxy groups -OCH3 is 1. The number of carbonyl (C=O) groups is 1. The Bertz CT molecular complexity index is 418. The van der Waals surface area contributed by atoms with Gasteiger partial charge in [0.05, 0.1) is 7.11 Å². The minimum atomic E-state index is -0.308. The van der Waals surface area contributed by atoms with E-state index in [1.807, 2.05) is 25.1 Å². The van der Waals surface area contributed by atoms with Gasteiger partial charge in [-0.15, -0.1) is 0 Å². The van der Waals surface area contributed by atoms with Crippen molar-refractivity contribution in [2.24, 2.45) is 5.73 Å². The topological polar surface area (TPSA) is 64.3 Å². The fourth-order valence-electron chi connectivity index (χ4n) is 1.25. The molecule has 0 heterocycles. The maximum Gasteiger partial charge on any atom is 0.325 e. The van der Waals surface area contributed by atoms with Crippen molar-refractivity contribution in [3.63, 3.8) is 0 Å². The molecule has 0 saturated heterocycles. The van der Waals surface area contributed by atoms with Crippen LogP contribution >= 0.6 is 12.2 Å². The number of anilines is 1. The number of nitrogens with two attached hydrogens (primary N) is 1. The van der Waals surface area contributed by atoms with Gasteiger partial charge < -0.3 is 15.8 Å². The van der Waals surface area contributed by atoms with E-state index in [1.54, 1.807) is 0 Å². The molecular weight excluding hydrogens is 224 g/mol. The molecule has 0 aliphatic rings. The van der Waals surface area contributed by atoms with Crippen molar-refractivity contribution in [1.82, 2.24) is 0 Å². The molecule has 0 bridgehead atoms. The molecule has 5 heteroatoms. The minimum Gasteiger partial charge on any atom is -0.468 e. The second-order valence-electron chi connectivity index (χ2n) is 3.32. The van der Waals surface area contributed by atoms with Crippen molar-refractivity contribution < 1.29 is 9.53 Å². The van der Waals surface area contributed by atoms with Gasteiger partial charge in [0.25, 0.3) is 0 Å². The number of benzene rings is 1. The number of hydrogen-bond acceptors (Lipinski definition) is 4. The third-order valence-electron chi connectivity index (χ3n) is 2.16. The van der Waals surface area contributed by atoms with Crippen molar-refractivity contribution in [1.29, 1.82) is 0 Å². The summed E-state index contributed by atoms with van der Waals surface area (Å²) in [5.74, 6) is -0.308. The van der Waals surface area contributed by atoms with Gasteiger partial charge >= 0.3 is 5.97 Å². The summed E-state index contributed by atoms with van der Waals surface area (Å²) in [4.78, 5) is 11.3. The largest absolute Gasteiger partial charge is 0.468 e. The van der Waals surface area contributed by atoms with E-state index < -0.39 is 0 Å². The van der Waals surface area contributed by atoms with Crippen LogP contribution < -0.4 is 11.1 Å². The number of ether oxygens (including phenoxy) is 1. The molecule has 0 radical (unpaired) electrons. The normalized spacial score (nSPS) is 9.62. The third-order valence-corrected chi connectivity index (χ3v) is 2.40. The van der Waals surface area contributed by atoms with Gasteiger partial charge in [-0.2, -0.15) is 0 Å². The lowest BCUT2D eigenvalue weighted by atomic mass is 10.1. The Morgan fingerprint density at radius 3 is 2.75 bits per heavy atom. The Balaban J connectivity index is 2.75. The fraction of sp³-hybridized carbons (Fsp3) is 0.273. The molecule has 0 spiro atoms. The van der Waals surface area contributed by atoms with Gasteiger partial charge in [-0.25, -0.2) is 0 Å². The van der Waals surface area contributed by atoms with Crippen LogP contribution in [0.15, 0.2) is 18.2 Å². The van der Waals surface area contributed by atoms with Gasteiger partial charge in [-0.1, -0.05) is 12.2 Å². The maximum atomic E-state index is 10.9.